The Bertz CT molecular complexity index is 959. The molecule has 3 heterocycles. The number of nitrogens with zero attached hydrogens (tertiary/aromatic N) is 4. The maximum absolute atomic E-state index is 12.6. The number of piperazine rings is 1. The monoisotopic (exact) mass is 424 g/mol. The lowest BCUT2D eigenvalue weighted by atomic mass is 10.4. The van der Waals surface area contributed by atoms with Crippen molar-refractivity contribution >= 4 is 43.0 Å². The van der Waals surface area contributed by atoms with Crippen LogP contribution in [0.1, 0.15) is 6.92 Å². The SMILES string of the molecule is CCn1cc(S(=O)(=O)N2CCN(S(=O)(=O)c3ccc(Cl)s3)CC2)cn1. The molecule has 0 spiro atoms. The van der Waals surface area contributed by atoms with Gasteiger partial charge in [-0.3, -0.25) is 4.68 Å². The quantitative estimate of drug-likeness (QED) is 0.721. The number of aryl methyl sites for hydroxylation is 1. The van der Waals surface area contributed by atoms with E-state index in [0.29, 0.717) is 10.9 Å². The molecule has 1 aliphatic heterocycles. The molecule has 0 unspecified atom stereocenters. The summed E-state index contributed by atoms with van der Waals surface area (Å²) in [5.41, 5.74) is 0. The maximum atomic E-state index is 12.6. The number of hydrogen-bond donors (Lipinski definition) is 0. The van der Waals surface area contributed by atoms with Crippen LogP contribution >= 0.6 is 22.9 Å². The Kier molecular flexibility index (Phi) is 5.24. The van der Waals surface area contributed by atoms with Crippen LogP contribution in [0.2, 0.25) is 4.34 Å². The zero-order valence-corrected chi connectivity index (χ0v) is 16.6. The highest BCUT2D eigenvalue weighted by molar-refractivity contribution is 7.91. The van der Waals surface area contributed by atoms with E-state index in [1.807, 2.05) is 6.92 Å². The van der Waals surface area contributed by atoms with Crippen LogP contribution in [0.25, 0.3) is 0 Å². The second-order valence-electron chi connectivity index (χ2n) is 5.40. The number of thiophene rings is 1. The fourth-order valence-corrected chi connectivity index (χ4v) is 6.95. The Hall–Kier alpha value is -0.980. The van der Waals surface area contributed by atoms with Crippen molar-refractivity contribution in [3.05, 3.63) is 28.9 Å². The van der Waals surface area contributed by atoms with Gasteiger partial charge in [0.2, 0.25) is 10.0 Å². The third kappa shape index (κ3) is 3.62. The molecule has 8 nitrogen and oxygen atoms in total. The van der Waals surface area contributed by atoms with Crippen molar-refractivity contribution in [1.29, 1.82) is 0 Å². The summed E-state index contributed by atoms with van der Waals surface area (Å²) in [6, 6.07) is 3.00. The van der Waals surface area contributed by atoms with Gasteiger partial charge in [0.05, 0.1) is 10.5 Å². The largest absolute Gasteiger partial charge is 0.272 e. The summed E-state index contributed by atoms with van der Waals surface area (Å²) in [7, 11) is -7.32. The van der Waals surface area contributed by atoms with Crippen molar-refractivity contribution in [2.45, 2.75) is 22.6 Å². The minimum absolute atomic E-state index is 0.0952. The van der Waals surface area contributed by atoms with Crippen molar-refractivity contribution in [2.24, 2.45) is 0 Å². The van der Waals surface area contributed by atoms with Crippen molar-refractivity contribution in [3.63, 3.8) is 0 Å². The summed E-state index contributed by atoms with van der Waals surface area (Å²) in [4.78, 5) is 0.121. The van der Waals surface area contributed by atoms with E-state index in [1.54, 1.807) is 0 Å². The first-order valence-corrected chi connectivity index (χ1v) is 11.6. The van der Waals surface area contributed by atoms with Crippen LogP contribution in [-0.4, -0.2) is 61.4 Å². The Morgan fingerprint density at radius 2 is 1.68 bits per heavy atom. The van der Waals surface area contributed by atoms with Gasteiger partial charge in [0.25, 0.3) is 10.0 Å². The van der Waals surface area contributed by atoms with E-state index in [9.17, 15) is 16.8 Å². The van der Waals surface area contributed by atoms with Gasteiger partial charge in [-0.2, -0.15) is 13.7 Å². The number of halogens is 1. The van der Waals surface area contributed by atoms with Gasteiger partial charge in [0.1, 0.15) is 9.10 Å². The molecule has 138 valence electrons. The number of hydrogen-bond acceptors (Lipinski definition) is 6. The molecule has 0 N–H and O–H groups in total. The molecule has 1 aliphatic rings. The summed E-state index contributed by atoms with van der Waals surface area (Å²) in [5, 5.41) is 3.99. The Morgan fingerprint density at radius 1 is 1.08 bits per heavy atom. The molecule has 0 atom stereocenters. The highest BCUT2D eigenvalue weighted by atomic mass is 35.5. The average Bonchev–Trinajstić information content (AvgIpc) is 3.24. The molecule has 12 heteroatoms. The third-order valence-electron chi connectivity index (χ3n) is 3.91. The molecule has 2 aromatic rings. The zero-order chi connectivity index (χ0) is 18.2. The van der Waals surface area contributed by atoms with Gasteiger partial charge in [-0.25, -0.2) is 16.8 Å². The Balaban J connectivity index is 1.73. The van der Waals surface area contributed by atoms with Gasteiger partial charge in [0, 0.05) is 38.9 Å². The van der Waals surface area contributed by atoms with Gasteiger partial charge in [0.15, 0.2) is 0 Å². The molecule has 0 amide bonds. The highest BCUT2D eigenvalue weighted by Gasteiger charge is 2.34. The first-order valence-electron chi connectivity index (χ1n) is 7.53. The van der Waals surface area contributed by atoms with E-state index in [-0.39, 0.29) is 35.3 Å². The zero-order valence-electron chi connectivity index (χ0n) is 13.4. The van der Waals surface area contributed by atoms with E-state index < -0.39 is 20.0 Å². The highest BCUT2D eigenvalue weighted by Crippen LogP contribution is 2.29. The topological polar surface area (TPSA) is 92.6 Å². The first-order chi connectivity index (χ1) is 11.7. The van der Waals surface area contributed by atoms with Gasteiger partial charge in [-0.05, 0) is 19.1 Å². The second-order valence-corrected chi connectivity index (χ2v) is 11.2. The van der Waals surface area contributed by atoms with Gasteiger partial charge in [-0.15, -0.1) is 11.3 Å². The molecular weight excluding hydrogens is 408 g/mol. The molecule has 2 aromatic heterocycles. The van der Waals surface area contributed by atoms with Crippen LogP contribution in [0.4, 0.5) is 0 Å². The summed E-state index contributed by atoms with van der Waals surface area (Å²) < 4.78 is 55.1. The molecule has 0 aliphatic carbocycles. The van der Waals surface area contributed by atoms with Crippen LogP contribution < -0.4 is 0 Å². The van der Waals surface area contributed by atoms with E-state index in [2.05, 4.69) is 5.10 Å². The third-order valence-corrected chi connectivity index (χ3v) is 9.36. The van der Waals surface area contributed by atoms with E-state index >= 15 is 0 Å². The van der Waals surface area contributed by atoms with Crippen molar-refractivity contribution < 1.29 is 16.8 Å². The van der Waals surface area contributed by atoms with Gasteiger partial charge < -0.3 is 0 Å². The summed E-state index contributed by atoms with van der Waals surface area (Å²) in [6.45, 7) is 2.82. The van der Waals surface area contributed by atoms with E-state index in [1.165, 1.54) is 37.8 Å². The molecule has 3 rings (SSSR count). The predicted molar refractivity (Wildman–Crippen MR) is 94.7 cm³/mol. The summed E-state index contributed by atoms with van der Waals surface area (Å²) >= 11 is 6.80. The van der Waals surface area contributed by atoms with Crippen molar-refractivity contribution in [1.82, 2.24) is 18.4 Å². The normalized spacial score (nSPS) is 17.8. The van der Waals surface area contributed by atoms with E-state index in [0.717, 1.165) is 11.3 Å². The molecule has 1 saturated heterocycles. The summed E-state index contributed by atoms with van der Waals surface area (Å²) in [5.74, 6) is 0. The lowest BCUT2D eigenvalue weighted by Crippen LogP contribution is -2.50. The standard InChI is InChI=1S/C13H17ClN4O4S3/c1-2-16-10-11(9-15-16)24(19,20)17-5-7-18(8-6-17)25(21,22)13-4-3-12(14)23-13/h3-4,9-10H,2,5-8H2,1H3. The molecule has 0 bridgehead atoms. The molecule has 0 radical (unpaired) electrons. The number of aromatic nitrogens is 2. The lowest BCUT2D eigenvalue weighted by Gasteiger charge is -2.32. The second kappa shape index (κ2) is 6.97. The fraction of sp³-hybridized carbons (Fsp3) is 0.462. The van der Waals surface area contributed by atoms with Gasteiger partial charge >= 0.3 is 0 Å². The van der Waals surface area contributed by atoms with Crippen molar-refractivity contribution in [2.75, 3.05) is 26.2 Å². The van der Waals surface area contributed by atoms with Crippen LogP contribution in [0.3, 0.4) is 0 Å². The Labute approximate surface area is 155 Å². The number of rotatable bonds is 5. The summed E-state index contributed by atoms with van der Waals surface area (Å²) in [6.07, 6.45) is 2.79. The average molecular weight is 425 g/mol. The van der Waals surface area contributed by atoms with E-state index in [4.69, 9.17) is 11.6 Å². The minimum atomic E-state index is -3.67. The number of sulfonamides is 2. The molecular formula is C13H17ClN4O4S3. The van der Waals surface area contributed by atoms with Crippen LogP contribution in [-0.2, 0) is 26.6 Å². The molecule has 0 aromatic carbocycles. The maximum Gasteiger partial charge on any atom is 0.252 e. The van der Waals surface area contributed by atoms with Crippen LogP contribution in [0.15, 0.2) is 33.6 Å². The smallest absolute Gasteiger partial charge is 0.252 e. The van der Waals surface area contributed by atoms with Crippen molar-refractivity contribution in [3.8, 4) is 0 Å². The molecule has 25 heavy (non-hydrogen) atoms. The minimum Gasteiger partial charge on any atom is -0.272 e. The fourth-order valence-electron chi connectivity index (χ4n) is 2.51. The Morgan fingerprint density at radius 3 is 2.16 bits per heavy atom. The first kappa shape index (κ1) is 18.8. The predicted octanol–water partition coefficient (Wildman–Crippen LogP) is 1.31. The van der Waals surface area contributed by atoms with Gasteiger partial charge in [-0.1, -0.05) is 11.6 Å². The van der Waals surface area contributed by atoms with Crippen LogP contribution in [0, 0.1) is 0 Å². The lowest BCUT2D eigenvalue weighted by molar-refractivity contribution is 0.273. The molecule has 1 fully saturated rings. The molecule has 0 saturated carbocycles. The van der Waals surface area contributed by atoms with Crippen LogP contribution in [0.5, 0.6) is 0 Å².